The number of para-hydroxylation sites is 3. The van der Waals surface area contributed by atoms with Gasteiger partial charge >= 0.3 is 12.4 Å². The molecule has 0 aliphatic heterocycles. The molecule has 3 aromatic carbocycles. The maximum absolute atomic E-state index is 13.2. The number of anilines is 4. The summed E-state index contributed by atoms with van der Waals surface area (Å²) in [6.07, 6.45) is -9.95. The quantitative estimate of drug-likeness (QED) is 0.137. The molecule has 13 heteroatoms. The molecule has 0 atom stereocenters. The molecular weight excluding hydrogens is 530 g/mol. The highest BCUT2D eigenvalue weighted by Gasteiger charge is 2.37. The Morgan fingerprint density at radius 1 is 0.763 bits per heavy atom. The van der Waals surface area contributed by atoms with E-state index >= 15 is 0 Å². The van der Waals surface area contributed by atoms with Gasteiger partial charge in [-0.05, 0) is 60.7 Å². The molecule has 0 saturated heterocycles. The summed E-state index contributed by atoms with van der Waals surface area (Å²) in [4.78, 5) is 12.1. The fourth-order valence-electron chi connectivity index (χ4n) is 3.76. The lowest BCUT2D eigenvalue weighted by Crippen LogP contribution is -2.20. The molecule has 0 radical (unpaired) electrons. The van der Waals surface area contributed by atoms with Crippen molar-refractivity contribution in [3.05, 3.63) is 83.9 Å². The summed E-state index contributed by atoms with van der Waals surface area (Å²) >= 11 is 5.19. The van der Waals surface area contributed by atoms with Crippen molar-refractivity contribution >= 4 is 62.4 Å². The molecule has 0 fully saturated rings. The molecule has 4 N–H and O–H groups in total. The molecule has 0 amide bonds. The second-order valence-corrected chi connectivity index (χ2v) is 8.58. The molecule has 0 spiro atoms. The van der Waals surface area contributed by atoms with E-state index in [1.54, 1.807) is 30.3 Å². The fourth-order valence-corrected chi connectivity index (χ4v) is 3.99. The van der Waals surface area contributed by atoms with E-state index < -0.39 is 29.2 Å². The average Bonchev–Trinajstić information content (AvgIpc) is 3.25. The molecule has 2 heterocycles. The molecular formula is C25H16F6N6S. The third-order valence-corrected chi connectivity index (χ3v) is 5.65. The van der Waals surface area contributed by atoms with Crippen LogP contribution in [0, 0.1) is 0 Å². The number of aromatic amines is 1. The minimum atomic E-state index is -4.98. The second-order valence-electron chi connectivity index (χ2n) is 8.18. The summed E-state index contributed by atoms with van der Waals surface area (Å²) in [5.74, 6) is 0.906. The molecule has 0 aliphatic rings. The van der Waals surface area contributed by atoms with Gasteiger partial charge in [0.15, 0.2) is 5.11 Å². The Bertz CT molecular complexity index is 1600. The number of imidazole rings is 1. The summed E-state index contributed by atoms with van der Waals surface area (Å²) in [7, 11) is 0. The minimum absolute atomic E-state index is 0.0484. The first-order chi connectivity index (χ1) is 18.0. The van der Waals surface area contributed by atoms with Gasteiger partial charge in [-0.15, -0.1) is 0 Å². The monoisotopic (exact) mass is 546 g/mol. The van der Waals surface area contributed by atoms with Crippen molar-refractivity contribution in [1.82, 2.24) is 15.0 Å². The molecule has 0 aliphatic carbocycles. The number of benzene rings is 3. The first-order valence-electron chi connectivity index (χ1n) is 10.9. The van der Waals surface area contributed by atoms with E-state index in [-0.39, 0.29) is 11.2 Å². The van der Waals surface area contributed by atoms with Crippen LogP contribution in [0.5, 0.6) is 0 Å². The summed E-state index contributed by atoms with van der Waals surface area (Å²) in [5, 5.41) is 8.79. The fraction of sp³-hybridized carbons (Fsp3) is 0.0800. The standard InChI is InChI=1S/C25H16F6N6S/c26-24(27,28)14-10-15(25(29,30)31)12-16(11-14)32-23(38)35-19-7-3-4-13-8-9-20(36-21(13)19)37-22-33-17-5-1-2-6-18(17)34-22/h1-12H,(H2,32,35,38)(H2,33,34,36,37). The normalized spacial score (nSPS) is 12.1. The summed E-state index contributed by atoms with van der Waals surface area (Å²) in [5.41, 5.74) is -0.939. The zero-order chi connectivity index (χ0) is 27.1. The zero-order valence-electron chi connectivity index (χ0n) is 19.0. The smallest absolute Gasteiger partial charge is 0.332 e. The first kappa shape index (κ1) is 25.3. The van der Waals surface area contributed by atoms with Crippen LogP contribution in [0.2, 0.25) is 0 Å². The number of hydrogen-bond acceptors (Lipinski definition) is 4. The van der Waals surface area contributed by atoms with Crippen LogP contribution in [-0.4, -0.2) is 20.1 Å². The summed E-state index contributed by atoms with van der Waals surface area (Å²) < 4.78 is 79.1. The molecule has 6 nitrogen and oxygen atoms in total. The second kappa shape index (κ2) is 9.49. The van der Waals surface area contributed by atoms with Crippen molar-refractivity contribution in [2.75, 3.05) is 16.0 Å². The van der Waals surface area contributed by atoms with Gasteiger partial charge in [0.25, 0.3) is 0 Å². The van der Waals surface area contributed by atoms with Crippen LogP contribution in [0.25, 0.3) is 21.9 Å². The average molecular weight is 547 g/mol. The van der Waals surface area contributed by atoms with Crippen molar-refractivity contribution in [1.29, 1.82) is 0 Å². The number of H-pyrrole nitrogens is 1. The number of pyridine rings is 1. The molecule has 0 saturated carbocycles. The molecule has 38 heavy (non-hydrogen) atoms. The molecule has 0 bridgehead atoms. The van der Waals surface area contributed by atoms with Gasteiger partial charge < -0.3 is 20.9 Å². The van der Waals surface area contributed by atoms with Crippen LogP contribution in [0.1, 0.15) is 11.1 Å². The lowest BCUT2D eigenvalue weighted by Gasteiger charge is -2.16. The van der Waals surface area contributed by atoms with E-state index in [0.29, 0.717) is 40.5 Å². The highest BCUT2D eigenvalue weighted by Crippen LogP contribution is 2.37. The van der Waals surface area contributed by atoms with Gasteiger partial charge in [-0.3, -0.25) is 0 Å². The summed E-state index contributed by atoms with van der Waals surface area (Å²) in [6, 6.07) is 17.3. The van der Waals surface area contributed by atoms with E-state index in [1.807, 2.05) is 24.3 Å². The van der Waals surface area contributed by atoms with Crippen LogP contribution < -0.4 is 16.0 Å². The van der Waals surface area contributed by atoms with Crippen LogP contribution >= 0.6 is 12.2 Å². The van der Waals surface area contributed by atoms with Crippen molar-refractivity contribution < 1.29 is 26.3 Å². The number of fused-ring (bicyclic) bond motifs is 2. The molecule has 5 rings (SSSR count). The van der Waals surface area contributed by atoms with Crippen LogP contribution in [-0.2, 0) is 12.4 Å². The van der Waals surface area contributed by atoms with Gasteiger partial charge in [0.05, 0.1) is 33.4 Å². The van der Waals surface area contributed by atoms with Gasteiger partial charge in [0.2, 0.25) is 5.95 Å². The van der Waals surface area contributed by atoms with E-state index in [9.17, 15) is 26.3 Å². The number of rotatable bonds is 4. The van der Waals surface area contributed by atoms with Crippen molar-refractivity contribution in [2.45, 2.75) is 12.4 Å². The van der Waals surface area contributed by atoms with E-state index in [1.165, 1.54) is 0 Å². The minimum Gasteiger partial charge on any atom is -0.332 e. The van der Waals surface area contributed by atoms with Crippen molar-refractivity contribution in [2.24, 2.45) is 0 Å². The molecule has 194 valence electrons. The highest BCUT2D eigenvalue weighted by atomic mass is 32.1. The Morgan fingerprint density at radius 2 is 1.47 bits per heavy atom. The Kier molecular flexibility index (Phi) is 6.31. The SMILES string of the molecule is FC(F)(F)c1cc(NC(=S)Nc2cccc3ccc(Nc4nc5ccccc5[nH]4)nc23)cc(C(F)(F)F)c1. The van der Waals surface area contributed by atoms with Gasteiger partial charge in [0, 0.05) is 11.1 Å². The van der Waals surface area contributed by atoms with Gasteiger partial charge in [0.1, 0.15) is 5.82 Å². The molecule has 5 aromatic rings. The Hall–Kier alpha value is -4.39. The topological polar surface area (TPSA) is 77.7 Å². The number of hydrogen-bond donors (Lipinski definition) is 4. The number of halogens is 6. The number of nitrogens with one attached hydrogen (secondary N) is 4. The van der Waals surface area contributed by atoms with Crippen LogP contribution in [0.4, 0.5) is 49.5 Å². The first-order valence-corrected chi connectivity index (χ1v) is 11.4. The number of thiocarbonyl (C=S) groups is 1. The molecule has 2 aromatic heterocycles. The van der Waals surface area contributed by atoms with E-state index in [4.69, 9.17) is 12.2 Å². The lowest BCUT2D eigenvalue weighted by molar-refractivity contribution is -0.143. The number of alkyl halides is 6. The van der Waals surface area contributed by atoms with Crippen molar-refractivity contribution in [3.8, 4) is 0 Å². The van der Waals surface area contributed by atoms with Crippen LogP contribution in [0.15, 0.2) is 72.8 Å². The highest BCUT2D eigenvalue weighted by molar-refractivity contribution is 7.80. The predicted octanol–water partition coefficient (Wildman–Crippen LogP) is 7.70. The predicted molar refractivity (Wildman–Crippen MR) is 137 cm³/mol. The van der Waals surface area contributed by atoms with E-state index in [0.717, 1.165) is 11.0 Å². The third-order valence-electron chi connectivity index (χ3n) is 5.45. The third kappa shape index (κ3) is 5.47. The Labute approximate surface area is 216 Å². The van der Waals surface area contributed by atoms with Crippen molar-refractivity contribution in [3.63, 3.8) is 0 Å². The van der Waals surface area contributed by atoms with Gasteiger partial charge in [-0.2, -0.15) is 26.3 Å². The molecule has 0 unspecified atom stereocenters. The number of aromatic nitrogens is 3. The number of nitrogens with zero attached hydrogens (tertiary/aromatic N) is 2. The maximum atomic E-state index is 13.2. The largest absolute Gasteiger partial charge is 0.416 e. The maximum Gasteiger partial charge on any atom is 0.416 e. The van der Waals surface area contributed by atoms with E-state index in [2.05, 4.69) is 30.9 Å². The van der Waals surface area contributed by atoms with Crippen LogP contribution in [0.3, 0.4) is 0 Å². The van der Waals surface area contributed by atoms with Gasteiger partial charge in [-0.25, -0.2) is 9.97 Å². The zero-order valence-corrected chi connectivity index (χ0v) is 19.8. The summed E-state index contributed by atoms with van der Waals surface area (Å²) in [6.45, 7) is 0. The van der Waals surface area contributed by atoms with Gasteiger partial charge in [-0.1, -0.05) is 24.3 Å². The Balaban J connectivity index is 1.40. The Morgan fingerprint density at radius 3 is 2.16 bits per heavy atom. The lowest BCUT2D eigenvalue weighted by atomic mass is 10.1.